The molecule has 0 aliphatic carbocycles. The minimum Gasteiger partial charge on any atom is -0.478 e. The molecule has 1 N–H and O–H groups in total. The predicted molar refractivity (Wildman–Crippen MR) is 44.9 cm³/mol. The second kappa shape index (κ2) is 3.26. The Bertz CT molecular complexity index is 524. The Labute approximate surface area is 82.0 Å². The third kappa shape index (κ3) is 1.51. The van der Waals surface area contributed by atoms with Gasteiger partial charge in [-0.3, -0.25) is 0 Å². The minimum absolute atomic E-state index is 0.0324. The monoisotopic (exact) mass is 213 g/mol. The SMILES string of the molecule is O=C(O)c1cnc2c(C(F)F)cnn2c1. The number of alkyl halides is 2. The zero-order chi connectivity index (χ0) is 11.0. The first-order chi connectivity index (χ1) is 7.09. The lowest BCUT2D eigenvalue weighted by molar-refractivity contribution is 0.0695. The van der Waals surface area contributed by atoms with Gasteiger partial charge in [0.1, 0.15) is 0 Å². The van der Waals surface area contributed by atoms with E-state index in [1.54, 1.807) is 0 Å². The van der Waals surface area contributed by atoms with E-state index in [0.717, 1.165) is 23.1 Å². The molecule has 0 unspecified atom stereocenters. The molecule has 2 aromatic heterocycles. The second-order valence-electron chi connectivity index (χ2n) is 2.82. The van der Waals surface area contributed by atoms with Crippen molar-refractivity contribution in [2.24, 2.45) is 0 Å². The highest BCUT2D eigenvalue weighted by Crippen LogP contribution is 2.21. The summed E-state index contributed by atoms with van der Waals surface area (Å²) in [7, 11) is 0. The predicted octanol–water partition coefficient (Wildman–Crippen LogP) is 1.37. The van der Waals surface area contributed by atoms with Crippen LogP contribution in [0.3, 0.4) is 0 Å². The van der Waals surface area contributed by atoms with Crippen LogP contribution in [-0.4, -0.2) is 25.7 Å². The summed E-state index contributed by atoms with van der Waals surface area (Å²) in [5.41, 5.74) is -0.451. The molecule has 0 amide bonds. The Morgan fingerprint density at radius 3 is 2.80 bits per heavy atom. The number of hydrogen-bond donors (Lipinski definition) is 1. The maximum Gasteiger partial charge on any atom is 0.338 e. The number of nitrogens with zero attached hydrogens (tertiary/aromatic N) is 3. The van der Waals surface area contributed by atoms with E-state index in [9.17, 15) is 13.6 Å². The maximum absolute atomic E-state index is 12.4. The molecule has 78 valence electrons. The van der Waals surface area contributed by atoms with Crippen LogP contribution in [0, 0.1) is 0 Å². The number of carboxylic acids is 1. The zero-order valence-corrected chi connectivity index (χ0v) is 7.26. The molecule has 0 aliphatic rings. The molecule has 7 heteroatoms. The van der Waals surface area contributed by atoms with Crippen molar-refractivity contribution in [1.29, 1.82) is 0 Å². The average molecular weight is 213 g/mol. The topological polar surface area (TPSA) is 67.5 Å². The summed E-state index contributed by atoms with van der Waals surface area (Å²) in [5, 5.41) is 12.2. The normalized spacial score (nSPS) is 11.1. The molecule has 0 aliphatic heterocycles. The molecule has 0 saturated carbocycles. The summed E-state index contributed by atoms with van der Waals surface area (Å²) in [4.78, 5) is 14.2. The van der Waals surface area contributed by atoms with Gasteiger partial charge in [0.15, 0.2) is 5.65 Å². The molecule has 5 nitrogen and oxygen atoms in total. The van der Waals surface area contributed by atoms with E-state index in [1.165, 1.54) is 0 Å². The van der Waals surface area contributed by atoms with Gasteiger partial charge in [-0.1, -0.05) is 0 Å². The van der Waals surface area contributed by atoms with Crippen LogP contribution in [0.15, 0.2) is 18.6 Å². The summed E-state index contributed by atoms with van der Waals surface area (Å²) in [6.45, 7) is 0. The Hall–Kier alpha value is -2.05. The van der Waals surface area contributed by atoms with Gasteiger partial charge >= 0.3 is 5.97 Å². The van der Waals surface area contributed by atoms with E-state index in [4.69, 9.17) is 5.11 Å². The van der Waals surface area contributed by atoms with Gasteiger partial charge in [-0.25, -0.2) is 23.1 Å². The largest absolute Gasteiger partial charge is 0.478 e. The summed E-state index contributed by atoms with van der Waals surface area (Å²) in [6.07, 6.45) is 0.450. The average Bonchev–Trinajstić information content (AvgIpc) is 2.59. The van der Waals surface area contributed by atoms with Crippen LogP contribution in [0.1, 0.15) is 22.3 Å². The number of rotatable bonds is 2. The van der Waals surface area contributed by atoms with Gasteiger partial charge in [0, 0.05) is 12.4 Å². The number of fused-ring (bicyclic) bond motifs is 1. The van der Waals surface area contributed by atoms with Crippen LogP contribution in [0.25, 0.3) is 5.65 Å². The fourth-order valence-corrected chi connectivity index (χ4v) is 1.16. The number of aromatic nitrogens is 3. The number of carboxylic acid groups (broad SMARTS) is 1. The van der Waals surface area contributed by atoms with E-state index >= 15 is 0 Å². The van der Waals surface area contributed by atoms with Crippen LogP contribution in [0.2, 0.25) is 0 Å². The molecule has 0 fully saturated rings. The molecule has 2 aromatic rings. The van der Waals surface area contributed by atoms with Gasteiger partial charge in [0.05, 0.1) is 17.3 Å². The maximum atomic E-state index is 12.4. The van der Waals surface area contributed by atoms with Crippen molar-refractivity contribution in [2.45, 2.75) is 6.43 Å². The fourth-order valence-electron chi connectivity index (χ4n) is 1.16. The zero-order valence-electron chi connectivity index (χ0n) is 7.26. The third-order valence-corrected chi connectivity index (χ3v) is 1.87. The lowest BCUT2D eigenvalue weighted by Crippen LogP contribution is -2.01. The molecule has 15 heavy (non-hydrogen) atoms. The van der Waals surface area contributed by atoms with Crippen molar-refractivity contribution in [3.63, 3.8) is 0 Å². The summed E-state index contributed by atoms with van der Waals surface area (Å²) in [6, 6.07) is 0. The minimum atomic E-state index is -2.68. The van der Waals surface area contributed by atoms with Crippen molar-refractivity contribution in [2.75, 3.05) is 0 Å². The number of hydrogen-bond acceptors (Lipinski definition) is 3. The first-order valence-corrected chi connectivity index (χ1v) is 3.94. The number of halogens is 2. The van der Waals surface area contributed by atoms with Crippen molar-refractivity contribution in [3.05, 3.63) is 29.7 Å². The van der Waals surface area contributed by atoms with Gasteiger partial charge in [-0.15, -0.1) is 0 Å². The van der Waals surface area contributed by atoms with Crippen LogP contribution in [0.5, 0.6) is 0 Å². The quantitative estimate of drug-likeness (QED) is 0.817. The van der Waals surface area contributed by atoms with Crippen LogP contribution in [0.4, 0.5) is 8.78 Å². The lowest BCUT2D eigenvalue weighted by Gasteiger charge is -1.97. The molecule has 0 saturated heterocycles. The first-order valence-electron chi connectivity index (χ1n) is 3.94. The van der Waals surface area contributed by atoms with E-state index in [1.807, 2.05) is 0 Å². The van der Waals surface area contributed by atoms with E-state index in [-0.39, 0.29) is 16.8 Å². The molecule has 0 radical (unpaired) electrons. The third-order valence-electron chi connectivity index (χ3n) is 1.87. The van der Waals surface area contributed by atoms with Crippen LogP contribution in [-0.2, 0) is 0 Å². The molecular weight excluding hydrogens is 208 g/mol. The van der Waals surface area contributed by atoms with Crippen molar-refractivity contribution in [3.8, 4) is 0 Å². The summed E-state index contributed by atoms with van der Waals surface area (Å²) < 4.78 is 25.8. The summed E-state index contributed by atoms with van der Waals surface area (Å²) >= 11 is 0. The molecule has 0 aromatic carbocycles. The van der Waals surface area contributed by atoms with E-state index in [0.29, 0.717) is 0 Å². The molecule has 0 spiro atoms. The highest BCUT2D eigenvalue weighted by Gasteiger charge is 2.16. The number of aromatic carboxylic acids is 1. The Morgan fingerprint density at radius 1 is 1.47 bits per heavy atom. The van der Waals surface area contributed by atoms with Crippen LogP contribution < -0.4 is 0 Å². The smallest absolute Gasteiger partial charge is 0.338 e. The fraction of sp³-hybridized carbons (Fsp3) is 0.125. The highest BCUT2D eigenvalue weighted by atomic mass is 19.3. The van der Waals surface area contributed by atoms with Gasteiger partial charge in [0.25, 0.3) is 6.43 Å². The molecule has 2 rings (SSSR count). The van der Waals surface area contributed by atoms with Crippen molar-refractivity contribution in [1.82, 2.24) is 14.6 Å². The van der Waals surface area contributed by atoms with Gasteiger partial charge in [-0.05, 0) is 0 Å². The molecule has 2 heterocycles. The Morgan fingerprint density at radius 2 is 2.20 bits per heavy atom. The van der Waals surface area contributed by atoms with Gasteiger partial charge < -0.3 is 5.11 Å². The van der Waals surface area contributed by atoms with Gasteiger partial charge in [-0.2, -0.15) is 5.10 Å². The summed E-state index contributed by atoms with van der Waals surface area (Å²) in [5.74, 6) is -1.18. The molecule has 0 atom stereocenters. The van der Waals surface area contributed by atoms with Crippen molar-refractivity contribution >= 4 is 11.6 Å². The van der Waals surface area contributed by atoms with Crippen LogP contribution >= 0.6 is 0 Å². The standard InChI is InChI=1S/C8H5F2N3O2/c9-6(10)5-2-12-13-3-4(8(14)15)1-11-7(5)13/h1-3,6H,(H,14,15). The van der Waals surface area contributed by atoms with Crippen molar-refractivity contribution < 1.29 is 18.7 Å². The van der Waals surface area contributed by atoms with E-state index < -0.39 is 12.4 Å². The highest BCUT2D eigenvalue weighted by molar-refractivity contribution is 5.87. The first kappa shape index (κ1) is 9.50. The Kier molecular flexibility index (Phi) is 2.07. The second-order valence-corrected chi connectivity index (χ2v) is 2.82. The van der Waals surface area contributed by atoms with Gasteiger partial charge in [0.2, 0.25) is 0 Å². The lowest BCUT2D eigenvalue weighted by atomic mass is 10.3. The Balaban J connectivity index is 2.61. The number of carbonyl (C=O) groups is 1. The van der Waals surface area contributed by atoms with E-state index in [2.05, 4.69) is 10.1 Å². The molecular formula is C8H5F2N3O2. The molecule has 0 bridgehead atoms.